The van der Waals surface area contributed by atoms with Crippen molar-refractivity contribution in [1.82, 2.24) is 0 Å². The van der Waals surface area contributed by atoms with Crippen LogP contribution in [0.1, 0.15) is 5.56 Å². The van der Waals surface area contributed by atoms with E-state index in [0.29, 0.717) is 20.4 Å². The van der Waals surface area contributed by atoms with Crippen LogP contribution in [0.25, 0.3) is 0 Å². The van der Waals surface area contributed by atoms with Crippen molar-refractivity contribution in [2.75, 3.05) is 0 Å². The first-order chi connectivity index (χ1) is 8.61. The van der Waals surface area contributed by atoms with Crippen molar-refractivity contribution in [3.63, 3.8) is 0 Å². The minimum atomic E-state index is -0.916. The lowest BCUT2D eigenvalue weighted by Crippen LogP contribution is -1.86. The molecule has 90 valence electrons. The van der Waals surface area contributed by atoms with Crippen molar-refractivity contribution in [3.05, 3.63) is 58.6 Å². The average molecular weight is 282 g/mol. The first kappa shape index (κ1) is 12.9. The number of rotatable bonds is 2. The highest BCUT2D eigenvalue weighted by atomic mass is 35.5. The molecule has 2 rings (SSSR count). The second-order valence-corrected chi connectivity index (χ2v) is 4.93. The lowest BCUT2D eigenvalue weighted by molar-refractivity contribution is 0.506. The van der Waals surface area contributed by atoms with Crippen molar-refractivity contribution in [3.8, 4) is 6.07 Å². The molecule has 0 fully saturated rings. The lowest BCUT2D eigenvalue weighted by atomic mass is 10.2. The van der Waals surface area contributed by atoms with Crippen LogP contribution < -0.4 is 0 Å². The molecule has 5 heteroatoms. The molecule has 0 bridgehead atoms. The number of nitrogens with zero attached hydrogens (tertiary/aromatic N) is 1. The molecule has 18 heavy (non-hydrogen) atoms. The lowest BCUT2D eigenvalue weighted by Gasteiger charge is -2.05. The van der Waals surface area contributed by atoms with E-state index in [1.165, 1.54) is 6.07 Å². The Morgan fingerprint density at radius 3 is 2.56 bits per heavy atom. The number of hydrogen-bond donors (Lipinski definition) is 0. The van der Waals surface area contributed by atoms with Crippen molar-refractivity contribution in [2.24, 2.45) is 0 Å². The van der Waals surface area contributed by atoms with E-state index in [1.54, 1.807) is 18.2 Å². The van der Waals surface area contributed by atoms with Gasteiger partial charge >= 0.3 is 0 Å². The Kier molecular flexibility index (Phi) is 3.85. The zero-order chi connectivity index (χ0) is 13.1. The van der Waals surface area contributed by atoms with Gasteiger partial charge in [-0.25, -0.2) is 8.78 Å². The molecule has 0 atom stereocenters. The smallest absolute Gasteiger partial charge is 0.159 e. The summed E-state index contributed by atoms with van der Waals surface area (Å²) in [6, 6.07) is 10.6. The van der Waals surface area contributed by atoms with Gasteiger partial charge in [0.25, 0.3) is 0 Å². The molecule has 0 aromatic heterocycles. The minimum absolute atomic E-state index is 0.328. The maximum absolute atomic E-state index is 13.1. The number of nitriles is 1. The van der Waals surface area contributed by atoms with Crippen molar-refractivity contribution in [1.29, 1.82) is 5.26 Å². The highest BCUT2D eigenvalue weighted by molar-refractivity contribution is 7.99. The average Bonchev–Trinajstić information content (AvgIpc) is 2.34. The molecule has 0 amide bonds. The molecule has 0 aliphatic carbocycles. The van der Waals surface area contributed by atoms with Crippen LogP contribution in [0.4, 0.5) is 8.78 Å². The van der Waals surface area contributed by atoms with Gasteiger partial charge in [0.05, 0.1) is 10.6 Å². The van der Waals surface area contributed by atoms with Crippen molar-refractivity contribution < 1.29 is 8.78 Å². The van der Waals surface area contributed by atoms with Crippen LogP contribution >= 0.6 is 23.4 Å². The summed E-state index contributed by atoms with van der Waals surface area (Å²) in [5, 5.41) is 9.33. The Balaban J connectivity index is 2.37. The van der Waals surface area contributed by atoms with E-state index in [-0.39, 0.29) is 0 Å². The first-order valence-corrected chi connectivity index (χ1v) is 6.13. The van der Waals surface area contributed by atoms with Gasteiger partial charge < -0.3 is 0 Å². The third-order valence-electron chi connectivity index (χ3n) is 2.21. The minimum Gasteiger partial charge on any atom is -0.204 e. The normalized spacial score (nSPS) is 10.1. The summed E-state index contributed by atoms with van der Waals surface area (Å²) < 4.78 is 25.9. The molecule has 0 heterocycles. The molecule has 0 radical (unpaired) electrons. The summed E-state index contributed by atoms with van der Waals surface area (Å²) >= 11 is 7.04. The maximum Gasteiger partial charge on any atom is 0.159 e. The van der Waals surface area contributed by atoms with E-state index in [4.69, 9.17) is 16.9 Å². The molecule has 0 saturated heterocycles. The van der Waals surface area contributed by atoms with Gasteiger partial charge in [-0.2, -0.15) is 5.26 Å². The molecule has 2 aromatic rings. The van der Waals surface area contributed by atoms with E-state index < -0.39 is 11.6 Å². The summed E-state index contributed by atoms with van der Waals surface area (Å²) in [5.74, 6) is -1.81. The third-order valence-corrected chi connectivity index (χ3v) is 3.57. The Labute approximate surface area is 112 Å². The molecular formula is C13H6ClF2NS. The van der Waals surface area contributed by atoms with Gasteiger partial charge in [-0.1, -0.05) is 29.4 Å². The molecule has 2 aromatic carbocycles. The Morgan fingerprint density at radius 2 is 1.89 bits per heavy atom. The number of hydrogen-bond acceptors (Lipinski definition) is 2. The van der Waals surface area contributed by atoms with Crippen molar-refractivity contribution in [2.45, 2.75) is 9.79 Å². The molecule has 0 unspecified atom stereocenters. The standard InChI is InChI=1S/C13H6ClF2NS/c14-10-2-1-3-13(9(10)7-17)18-8-4-5-11(15)12(16)6-8/h1-6H. The van der Waals surface area contributed by atoms with Gasteiger partial charge in [-0.15, -0.1) is 0 Å². The molecule has 0 aliphatic heterocycles. The number of halogens is 3. The van der Waals surface area contributed by atoms with Gasteiger partial charge in [-0.3, -0.25) is 0 Å². The highest BCUT2D eigenvalue weighted by Gasteiger charge is 2.09. The molecule has 1 nitrogen and oxygen atoms in total. The Bertz CT molecular complexity index is 637. The number of benzene rings is 2. The quantitative estimate of drug-likeness (QED) is 0.800. The Morgan fingerprint density at radius 1 is 1.11 bits per heavy atom. The van der Waals surface area contributed by atoms with Crippen molar-refractivity contribution >= 4 is 23.4 Å². The first-order valence-electron chi connectivity index (χ1n) is 4.93. The predicted octanol–water partition coefficient (Wildman–Crippen LogP) is 4.64. The Hall–Kier alpha value is -1.57. The van der Waals surface area contributed by atoms with Gasteiger partial charge in [-0.05, 0) is 30.3 Å². The van der Waals surface area contributed by atoms with Crippen LogP contribution in [0.3, 0.4) is 0 Å². The summed E-state index contributed by atoms with van der Waals surface area (Å²) in [6.45, 7) is 0. The molecule has 0 aliphatic rings. The maximum atomic E-state index is 13.1. The topological polar surface area (TPSA) is 23.8 Å². The fourth-order valence-electron chi connectivity index (χ4n) is 1.37. The van der Waals surface area contributed by atoms with E-state index in [9.17, 15) is 8.78 Å². The van der Waals surface area contributed by atoms with Crippen LogP contribution in [-0.2, 0) is 0 Å². The van der Waals surface area contributed by atoms with Crippen LogP contribution in [-0.4, -0.2) is 0 Å². The van der Waals surface area contributed by atoms with Crippen LogP contribution in [0, 0.1) is 23.0 Å². The molecular weight excluding hydrogens is 276 g/mol. The monoisotopic (exact) mass is 281 g/mol. The fourth-order valence-corrected chi connectivity index (χ4v) is 2.59. The third kappa shape index (κ3) is 2.63. The van der Waals surface area contributed by atoms with Gasteiger partial charge in [0.15, 0.2) is 11.6 Å². The second-order valence-electron chi connectivity index (χ2n) is 3.40. The summed E-state index contributed by atoms with van der Waals surface area (Å²) in [4.78, 5) is 1.11. The second kappa shape index (κ2) is 5.38. The van der Waals surface area contributed by atoms with E-state index >= 15 is 0 Å². The summed E-state index contributed by atoms with van der Waals surface area (Å²) in [5.41, 5.74) is 0.328. The van der Waals surface area contributed by atoms with E-state index in [1.807, 2.05) is 6.07 Å². The zero-order valence-electron chi connectivity index (χ0n) is 8.95. The van der Waals surface area contributed by atoms with E-state index in [2.05, 4.69) is 0 Å². The SMILES string of the molecule is N#Cc1c(Cl)cccc1Sc1ccc(F)c(F)c1. The van der Waals surface area contributed by atoms with Gasteiger partial charge in [0.2, 0.25) is 0 Å². The van der Waals surface area contributed by atoms with Crippen LogP contribution in [0.5, 0.6) is 0 Å². The van der Waals surface area contributed by atoms with Gasteiger partial charge in [0, 0.05) is 9.79 Å². The largest absolute Gasteiger partial charge is 0.204 e. The molecule has 0 N–H and O–H groups in total. The van der Waals surface area contributed by atoms with Crippen LogP contribution in [0.2, 0.25) is 5.02 Å². The van der Waals surface area contributed by atoms with E-state index in [0.717, 1.165) is 23.9 Å². The fraction of sp³-hybridized carbons (Fsp3) is 0. The van der Waals surface area contributed by atoms with Gasteiger partial charge in [0.1, 0.15) is 6.07 Å². The zero-order valence-corrected chi connectivity index (χ0v) is 10.5. The summed E-state index contributed by atoms with van der Waals surface area (Å²) in [6.07, 6.45) is 0. The molecule has 0 saturated carbocycles. The predicted molar refractivity (Wildman–Crippen MR) is 66.6 cm³/mol. The van der Waals surface area contributed by atoms with Crippen LogP contribution in [0.15, 0.2) is 46.2 Å². The highest BCUT2D eigenvalue weighted by Crippen LogP contribution is 2.33. The molecule has 0 spiro atoms. The summed E-state index contributed by atoms with van der Waals surface area (Å²) in [7, 11) is 0.